The first-order valence-corrected chi connectivity index (χ1v) is 6.38. The average Bonchev–Trinajstić information content (AvgIpc) is 2.28. The van der Waals surface area contributed by atoms with Gasteiger partial charge in [0.2, 0.25) is 0 Å². The molecule has 0 saturated heterocycles. The molecular weight excluding hydrogens is 229 g/mol. The molecule has 1 atom stereocenters. The molecule has 0 aliphatic heterocycles. The summed E-state index contributed by atoms with van der Waals surface area (Å²) in [5.41, 5.74) is 1.17. The standard InChI is InChI=1S/C15H24FNO/c1-15(2,3)9-8-13(17-4)12-10-11(16)6-7-14(12)18-5/h6-7,10,13,17H,8-9H2,1-5H3. The van der Waals surface area contributed by atoms with Crippen molar-refractivity contribution in [2.45, 2.75) is 39.7 Å². The summed E-state index contributed by atoms with van der Waals surface area (Å²) in [5.74, 6) is 0.520. The van der Waals surface area contributed by atoms with Crippen LogP contribution in [-0.4, -0.2) is 14.2 Å². The zero-order valence-electron chi connectivity index (χ0n) is 12.0. The number of ether oxygens (including phenoxy) is 1. The van der Waals surface area contributed by atoms with E-state index in [2.05, 4.69) is 26.1 Å². The van der Waals surface area contributed by atoms with Crippen LogP contribution in [0.4, 0.5) is 4.39 Å². The van der Waals surface area contributed by atoms with Crippen LogP contribution in [0, 0.1) is 11.2 Å². The number of hydrogen-bond acceptors (Lipinski definition) is 2. The van der Waals surface area contributed by atoms with E-state index in [0.717, 1.165) is 24.2 Å². The fourth-order valence-electron chi connectivity index (χ4n) is 2.01. The molecule has 0 radical (unpaired) electrons. The van der Waals surface area contributed by atoms with Crippen LogP contribution in [0.15, 0.2) is 18.2 Å². The van der Waals surface area contributed by atoms with Gasteiger partial charge in [0.15, 0.2) is 0 Å². The summed E-state index contributed by atoms with van der Waals surface area (Å²) in [6.45, 7) is 6.63. The molecule has 0 saturated carbocycles. The predicted molar refractivity (Wildman–Crippen MR) is 73.4 cm³/mol. The van der Waals surface area contributed by atoms with Gasteiger partial charge in [0.1, 0.15) is 11.6 Å². The van der Waals surface area contributed by atoms with E-state index in [1.165, 1.54) is 6.07 Å². The molecule has 3 heteroatoms. The Morgan fingerprint density at radius 1 is 1.33 bits per heavy atom. The first kappa shape index (κ1) is 15.0. The summed E-state index contributed by atoms with van der Waals surface area (Å²) in [6.07, 6.45) is 2.03. The second-order valence-electron chi connectivity index (χ2n) is 5.83. The highest BCUT2D eigenvalue weighted by molar-refractivity contribution is 5.36. The van der Waals surface area contributed by atoms with Crippen molar-refractivity contribution in [2.24, 2.45) is 5.41 Å². The van der Waals surface area contributed by atoms with Crippen molar-refractivity contribution in [3.8, 4) is 5.75 Å². The van der Waals surface area contributed by atoms with E-state index in [-0.39, 0.29) is 17.3 Å². The van der Waals surface area contributed by atoms with Gasteiger partial charge in [0.25, 0.3) is 0 Å². The van der Waals surface area contributed by atoms with E-state index in [1.54, 1.807) is 19.2 Å². The number of methoxy groups -OCH3 is 1. The lowest BCUT2D eigenvalue weighted by Crippen LogP contribution is -2.19. The van der Waals surface area contributed by atoms with E-state index in [4.69, 9.17) is 4.74 Å². The largest absolute Gasteiger partial charge is 0.496 e. The van der Waals surface area contributed by atoms with Gasteiger partial charge in [-0.05, 0) is 43.5 Å². The van der Waals surface area contributed by atoms with Gasteiger partial charge in [-0.2, -0.15) is 0 Å². The molecule has 1 aromatic rings. The zero-order chi connectivity index (χ0) is 13.8. The Labute approximate surface area is 110 Å². The van der Waals surface area contributed by atoms with Crippen LogP contribution >= 0.6 is 0 Å². The third-order valence-electron chi connectivity index (χ3n) is 3.10. The van der Waals surface area contributed by atoms with E-state index < -0.39 is 0 Å². The van der Waals surface area contributed by atoms with Crippen LogP contribution in [0.25, 0.3) is 0 Å². The fraction of sp³-hybridized carbons (Fsp3) is 0.600. The van der Waals surface area contributed by atoms with Crippen molar-refractivity contribution in [1.29, 1.82) is 0 Å². The van der Waals surface area contributed by atoms with Crippen LogP contribution in [0.2, 0.25) is 0 Å². The van der Waals surface area contributed by atoms with Crippen molar-refractivity contribution in [2.75, 3.05) is 14.2 Å². The summed E-state index contributed by atoms with van der Waals surface area (Å²) in [6, 6.07) is 4.79. The quantitative estimate of drug-likeness (QED) is 0.858. The minimum Gasteiger partial charge on any atom is -0.496 e. The maximum atomic E-state index is 13.4. The van der Waals surface area contributed by atoms with Crippen LogP contribution in [0.3, 0.4) is 0 Å². The Hall–Kier alpha value is -1.09. The van der Waals surface area contributed by atoms with Crippen molar-refractivity contribution in [3.05, 3.63) is 29.6 Å². The van der Waals surface area contributed by atoms with Gasteiger partial charge in [-0.25, -0.2) is 4.39 Å². The molecule has 2 nitrogen and oxygen atoms in total. The first-order chi connectivity index (χ1) is 8.37. The molecule has 0 amide bonds. The number of hydrogen-bond donors (Lipinski definition) is 1. The Kier molecular flexibility index (Phi) is 5.15. The molecule has 0 aliphatic carbocycles. The molecule has 1 N–H and O–H groups in total. The van der Waals surface area contributed by atoms with Crippen molar-refractivity contribution >= 4 is 0 Å². The van der Waals surface area contributed by atoms with Gasteiger partial charge < -0.3 is 10.1 Å². The lowest BCUT2D eigenvalue weighted by atomic mass is 9.87. The Morgan fingerprint density at radius 2 is 2.00 bits per heavy atom. The molecule has 102 valence electrons. The molecule has 1 unspecified atom stereocenters. The van der Waals surface area contributed by atoms with Gasteiger partial charge >= 0.3 is 0 Å². The molecule has 0 fully saturated rings. The maximum absolute atomic E-state index is 13.4. The smallest absolute Gasteiger partial charge is 0.123 e. The summed E-state index contributed by atoms with van der Waals surface area (Å²) in [7, 11) is 3.52. The van der Waals surface area contributed by atoms with E-state index >= 15 is 0 Å². The van der Waals surface area contributed by atoms with Gasteiger partial charge in [-0.1, -0.05) is 20.8 Å². The highest BCUT2D eigenvalue weighted by Gasteiger charge is 2.19. The second-order valence-corrected chi connectivity index (χ2v) is 5.83. The SMILES string of the molecule is CNC(CCC(C)(C)C)c1cc(F)ccc1OC. The van der Waals surface area contributed by atoms with Crippen LogP contribution in [0.5, 0.6) is 5.75 Å². The maximum Gasteiger partial charge on any atom is 0.123 e. The Bertz CT molecular complexity index is 385. The van der Waals surface area contributed by atoms with E-state index in [1.807, 2.05) is 7.05 Å². The van der Waals surface area contributed by atoms with Crippen LogP contribution in [-0.2, 0) is 0 Å². The zero-order valence-corrected chi connectivity index (χ0v) is 12.0. The van der Waals surface area contributed by atoms with Gasteiger partial charge in [0, 0.05) is 11.6 Å². The highest BCUT2D eigenvalue weighted by atomic mass is 19.1. The first-order valence-electron chi connectivity index (χ1n) is 6.38. The Balaban J connectivity index is 2.90. The van der Waals surface area contributed by atoms with Crippen LogP contribution < -0.4 is 10.1 Å². The molecule has 0 aliphatic rings. The molecular formula is C15H24FNO. The van der Waals surface area contributed by atoms with Gasteiger partial charge in [0.05, 0.1) is 7.11 Å². The summed E-state index contributed by atoms with van der Waals surface area (Å²) < 4.78 is 18.7. The molecule has 18 heavy (non-hydrogen) atoms. The third-order valence-corrected chi connectivity index (χ3v) is 3.10. The summed E-state index contributed by atoms with van der Waals surface area (Å²) >= 11 is 0. The lowest BCUT2D eigenvalue weighted by molar-refractivity contribution is 0.331. The average molecular weight is 253 g/mol. The minimum absolute atomic E-state index is 0.120. The molecule has 0 aromatic heterocycles. The monoisotopic (exact) mass is 253 g/mol. The van der Waals surface area contributed by atoms with Crippen molar-refractivity contribution < 1.29 is 9.13 Å². The van der Waals surface area contributed by atoms with Crippen molar-refractivity contribution in [3.63, 3.8) is 0 Å². The molecule has 1 rings (SSSR count). The highest BCUT2D eigenvalue weighted by Crippen LogP contribution is 2.32. The lowest BCUT2D eigenvalue weighted by Gasteiger charge is -2.24. The van der Waals surface area contributed by atoms with E-state index in [9.17, 15) is 4.39 Å². The molecule has 0 heterocycles. The topological polar surface area (TPSA) is 21.3 Å². The number of nitrogens with one attached hydrogen (secondary N) is 1. The number of halogens is 1. The number of benzene rings is 1. The number of rotatable bonds is 5. The second kappa shape index (κ2) is 6.19. The normalized spacial score (nSPS) is 13.4. The minimum atomic E-state index is -0.221. The van der Waals surface area contributed by atoms with Gasteiger partial charge in [-0.15, -0.1) is 0 Å². The van der Waals surface area contributed by atoms with Crippen molar-refractivity contribution in [1.82, 2.24) is 5.32 Å². The fourth-order valence-corrected chi connectivity index (χ4v) is 2.01. The molecule has 0 bridgehead atoms. The summed E-state index contributed by atoms with van der Waals surface area (Å²) in [5, 5.41) is 3.25. The third kappa shape index (κ3) is 4.30. The molecule has 0 spiro atoms. The predicted octanol–water partition coefficient (Wildman–Crippen LogP) is 3.92. The van der Waals surface area contributed by atoms with Crippen LogP contribution in [0.1, 0.15) is 45.2 Å². The molecule has 1 aromatic carbocycles. The summed E-state index contributed by atoms with van der Waals surface area (Å²) in [4.78, 5) is 0. The Morgan fingerprint density at radius 3 is 2.50 bits per heavy atom. The van der Waals surface area contributed by atoms with E-state index in [0.29, 0.717) is 0 Å². The van der Waals surface area contributed by atoms with Gasteiger partial charge in [-0.3, -0.25) is 0 Å².